The molecule has 2 saturated heterocycles. The molecule has 1 amide bonds. The van der Waals surface area contributed by atoms with Gasteiger partial charge in [0.1, 0.15) is 0 Å². The van der Waals surface area contributed by atoms with E-state index in [4.69, 9.17) is 5.11 Å². The number of benzene rings is 1. The molecule has 0 bridgehead atoms. The highest BCUT2D eigenvalue weighted by Crippen LogP contribution is 2.27. The number of carboxylic acids is 1. The predicted octanol–water partition coefficient (Wildman–Crippen LogP) is 2.01. The van der Waals surface area contributed by atoms with Crippen LogP contribution in [-0.4, -0.2) is 47.6 Å². The number of halogens is 1. The highest BCUT2D eigenvalue weighted by Gasteiger charge is 2.38. The van der Waals surface area contributed by atoms with Gasteiger partial charge in [-0.3, -0.25) is 14.5 Å². The molecule has 1 atom stereocenters. The van der Waals surface area contributed by atoms with Crippen LogP contribution in [-0.2, 0) is 9.59 Å². The van der Waals surface area contributed by atoms with Crippen LogP contribution in [0.4, 0.5) is 5.69 Å². The van der Waals surface area contributed by atoms with Crippen LogP contribution in [0.15, 0.2) is 30.3 Å². The monoisotopic (exact) mass is 324 g/mol. The zero-order valence-corrected chi connectivity index (χ0v) is 13.2. The van der Waals surface area contributed by atoms with Crippen molar-refractivity contribution in [1.82, 2.24) is 4.90 Å². The largest absolute Gasteiger partial charge is 0.481 e. The number of amides is 1. The summed E-state index contributed by atoms with van der Waals surface area (Å²) < 4.78 is 0. The number of aliphatic carboxylic acids is 1. The molecule has 0 spiro atoms. The molecule has 120 valence electrons. The Morgan fingerprint density at radius 3 is 2.27 bits per heavy atom. The van der Waals surface area contributed by atoms with Gasteiger partial charge in [-0.15, -0.1) is 12.4 Å². The van der Waals surface area contributed by atoms with Crippen LogP contribution in [0.1, 0.15) is 19.3 Å². The van der Waals surface area contributed by atoms with E-state index < -0.39 is 5.97 Å². The van der Waals surface area contributed by atoms with Crippen LogP contribution >= 0.6 is 12.4 Å². The van der Waals surface area contributed by atoms with Crippen molar-refractivity contribution in [3.63, 3.8) is 0 Å². The van der Waals surface area contributed by atoms with Gasteiger partial charge in [-0.05, 0) is 44.5 Å². The number of rotatable bonds is 3. The van der Waals surface area contributed by atoms with Crippen LogP contribution in [0.25, 0.3) is 0 Å². The molecule has 6 heteroatoms. The summed E-state index contributed by atoms with van der Waals surface area (Å²) >= 11 is 0. The van der Waals surface area contributed by atoms with E-state index in [1.165, 1.54) is 0 Å². The highest BCUT2D eigenvalue weighted by atomic mass is 35.5. The maximum absolute atomic E-state index is 12.6. The van der Waals surface area contributed by atoms with E-state index in [0.29, 0.717) is 25.9 Å². The molecule has 22 heavy (non-hydrogen) atoms. The fourth-order valence-corrected chi connectivity index (χ4v) is 3.33. The van der Waals surface area contributed by atoms with Gasteiger partial charge in [0.05, 0.1) is 12.0 Å². The summed E-state index contributed by atoms with van der Waals surface area (Å²) in [6.07, 6.45) is 2.11. The third-order valence-corrected chi connectivity index (χ3v) is 4.56. The molecule has 2 aliphatic heterocycles. The number of piperidine rings is 1. The maximum atomic E-state index is 12.6. The summed E-state index contributed by atoms with van der Waals surface area (Å²) in [5.41, 5.74) is 0.949. The Kier molecular flexibility index (Phi) is 5.42. The van der Waals surface area contributed by atoms with E-state index in [2.05, 4.69) is 4.90 Å². The van der Waals surface area contributed by atoms with Gasteiger partial charge in [0, 0.05) is 12.2 Å². The Morgan fingerprint density at radius 1 is 1.05 bits per heavy atom. The summed E-state index contributed by atoms with van der Waals surface area (Å²) in [6.45, 7) is 2.15. The number of carbonyl (C=O) groups is 2. The van der Waals surface area contributed by atoms with Crippen molar-refractivity contribution in [3.8, 4) is 0 Å². The van der Waals surface area contributed by atoms with Crippen molar-refractivity contribution in [2.75, 3.05) is 24.5 Å². The number of likely N-dealkylation sites (tertiary alicyclic amines) is 1. The second kappa shape index (κ2) is 7.11. The highest BCUT2D eigenvalue weighted by molar-refractivity contribution is 5.99. The number of nitrogens with zero attached hydrogens (tertiary/aromatic N) is 2. The van der Waals surface area contributed by atoms with Crippen LogP contribution in [0.5, 0.6) is 0 Å². The molecule has 2 aliphatic rings. The van der Waals surface area contributed by atoms with Gasteiger partial charge in [-0.2, -0.15) is 0 Å². The van der Waals surface area contributed by atoms with Crippen LogP contribution in [0, 0.1) is 5.92 Å². The Balaban J connectivity index is 0.00000176. The minimum Gasteiger partial charge on any atom is -0.481 e. The number of carbonyl (C=O) groups excluding carboxylic acids is 1. The first-order valence-electron chi connectivity index (χ1n) is 7.50. The molecule has 1 unspecified atom stereocenters. The fourth-order valence-electron chi connectivity index (χ4n) is 3.33. The van der Waals surface area contributed by atoms with Crippen LogP contribution < -0.4 is 4.90 Å². The Morgan fingerprint density at radius 2 is 1.68 bits per heavy atom. The molecule has 0 aliphatic carbocycles. The smallest absolute Gasteiger partial charge is 0.306 e. The summed E-state index contributed by atoms with van der Waals surface area (Å²) in [6, 6.07) is 9.65. The van der Waals surface area contributed by atoms with Gasteiger partial charge in [0.15, 0.2) is 0 Å². The fraction of sp³-hybridized carbons (Fsp3) is 0.500. The average Bonchev–Trinajstić information content (AvgIpc) is 2.90. The van der Waals surface area contributed by atoms with Gasteiger partial charge in [0.2, 0.25) is 5.91 Å². The Hall–Kier alpha value is -1.59. The topological polar surface area (TPSA) is 60.9 Å². The first-order chi connectivity index (χ1) is 10.2. The second-order valence-electron chi connectivity index (χ2n) is 5.78. The van der Waals surface area contributed by atoms with Gasteiger partial charge < -0.3 is 10.0 Å². The molecule has 5 nitrogen and oxygen atoms in total. The lowest BCUT2D eigenvalue weighted by molar-refractivity contribution is -0.143. The van der Waals surface area contributed by atoms with E-state index in [9.17, 15) is 9.59 Å². The standard InChI is InChI=1S/C16H20N2O3.ClH/c19-15-14(17-9-6-12(7-10-17)16(20)21)8-11-18(15)13-4-2-1-3-5-13;/h1-5,12,14H,6-11H2,(H,20,21);1H. The number of carboxylic acid groups (broad SMARTS) is 1. The average molecular weight is 325 g/mol. The van der Waals surface area contributed by atoms with Crippen molar-refractivity contribution in [3.05, 3.63) is 30.3 Å². The molecule has 0 radical (unpaired) electrons. The number of anilines is 1. The number of para-hydroxylation sites is 1. The van der Waals surface area contributed by atoms with E-state index in [0.717, 1.165) is 18.7 Å². The molecular weight excluding hydrogens is 304 g/mol. The first kappa shape index (κ1) is 16.8. The van der Waals surface area contributed by atoms with Crippen molar-refractivity contribution in [1.29, 1.82) is 0 Å². The minimum absolute atomic E-state index is 0. The van der Waals surface area contributed by atoms with Crippen molar-refractivity contribution in [2.24, 2.45) is 5.92 Å². The predicted molar refractivity (Wildman–Crippen MR) is 86.4 cm³/mol. The first-order valence-corrected chi connectivity index (χ1v) is 7.50. The normalized spacial score (nSPS) is 23.4. The molecule has 1 N–H and O–H groups in total. The molecular formula is C16H21ClN2O3. The molecule has 0 aromatic heterocycles. The lowest BCUT2D eigenvalue weighted by atomic mass is 9.96. The minimum atomic E-state index is -0.710. The van der Waals surface area contributed by atoms with Crippen LogP contribution in [0.3, 0.4) is 0 Å². The number of hydrogen-bond acceptors (Lipinski definition) is 3. The van der Waals surface area contributed by atoms with Gasteiger partial charge in [-0.25, -0.2) is 0 Å². The lowest BCUT2D eigenvalue weighted by Crippen LogP contribution is -2.46. The third-order valence-electron chi connectivity index (χ3n) is 4.56. The maximum Gasteiger partial charge on any atom is 0.306 e. The second-order valence-corrected chi connectivity index (χ2v) is 5.78. The summed E-state index contributed by atoms with van der Waals surface area (Å²) in [5.74, 6) is -0.809. The third kappa shape index (κ3) is 3.25. The van der Waals surface area contributed by atoms with Crippen molar-refractivity contribution in [2.45, 2.75) is 25.3 Å². The van der Waals surface area contributed by atoms with Crippen molar-refractivity contribution < 1.29 is 14.7 Å². The Bertz CT molecular complexity index is 529. The summed E-state index contributed by atoms with van der Waals surface area (Å²) in [4.78, 5) is 27.6. The van der Waals surface area contributed by atoms with Crippen LogP contribution in [0.2, 0.25) is 0 Å². The molecule has 2 heterocycles. The molecule has 1 aromatic rings. The lowest BCUT2D eigenvalue weighted by Gasteiger charge is -2.33. The zero-order chi connectivity index (χ0) is 14.8. The zero-order valence-electron chi connectivity index (χ0n) is 12.4. The molecule has 0 saturated carbocycles. The summed E-state index contributed by atoms with van der Waals surface area (Å²) in [5, 5.41) is 9.04. The van der Waals surface area contributed by atoms with Gasteiger partial charge in [0.25, 0.3) is 0 Å². The quantitative estimate of drug-likeness (QED) is 0.924. The van der Waals surface area contributed by atoms with Gasteiger partial charge >= 0.3 is 5.97 Å². The molecule has 1 aromatic carbocycles. The van der Waals surface area contributed by atoms with E-state index in [-0.39, 0.29) is 30.3 Å². The van der Waals surface area contributed by atoms with Gasteiger partial charge in [-0.1, -0.05) is 18.2 Å². The van der Waals surface area contributed by atoms with E-state index in [1.807, 2.05) is 35.2 Å². The van der Waals surface area contributed by atoms with Crippen molar-refractivity contribution >= 4 is 30.0 Å². The SMILES string of the molecule is Cl.O=C(O)C1CCN(C2CCN(c3ccccc3)C2=O)CC1. The van der Waals surface area contributed by atoms with E-state index in [1.54, 1.807) is 0 Å². The number of hydrogen-bond donors (Lipinski definition) is 1. The summed E-state index contributed by atoms with van der Waals surface area (Å²) in [7, 11) is 0. The molecule has 3 rings (SSSR count). The Labute approximate surface area is 136 Å². The molecule has 2 fully saturated rings. The van der Waals surface area contributed by atoms with E-state index >= 15 is 0 Å².